The maximum Gasteiger partial charge on any atom is 0.130 e. The minimum Gasteiger partial charge on any atom is -0.330 e. The van der Waals surface area contributed by atoms with Gasteiger partial charge in [0.2, 0.25) is 0 Å². The highest BCUT2D eigenvalue weighted by Gasteiger charge is 2.02. The molecule has 72 valence electrons. The van der Waals surface area contributed by atoms with Gasteiger partial charge in [-0.05, 0) is 12.6 Å². The summed E-state index contributed by atoms with van der Waals surface area (Å²) in [6.45, 7) is 0.552. The van der Waals surface area contributed by atoms with E-state index in [1.807, 2.05) is 18.2 Å². The Hall–Kier alpha value is -1.19. The Kier molecular flexibility index (Phi) is 2.61. The number of hydrogen-bond donors (Lipinski definition) is 1. The van der Waals surface area contributed by atoms with E-state index in [2.05, 4.69) is 9.97 Å². The predicted octanol–water partition coefficient (Wildman–Crippen LogP) is 1.78. The van der Waals surface area contributed by atoms with Gasteiger partial charge in [-0.25, -0.2) is 9.97 Å². The van der Waals surface area contributed by atoms with E-state index in [0.29, 0.717) is 18.0 Å². The zero-order valence-electron chi connectivity index (χ0n) is 7.57. The van der Waals surface area contributed by atoms with Crippen molar-refractivity contribution < 1.29 is 0 Å². The van der Waals surface area contributed by atoms with Crippen LogP contribution in [0.25, 0.3) is 10.9 Å². The second-order valence-electron chi connectivity index (χ2n) is 3.00. The van der Waals surface area contributed by atoms with E-state index in [-0.39, 0.29) is 0 Å². The highest BCUT2D eigenvalue weighted by atomic mass is 35.5. The van der Waals surface area contributed by atoms with Gasteiger partial charge < -0.3 is 5.73 Å². The van der Waals surface area contributed by atoms with Gasteiger partial charge in [0.05, 0.1) is 10.5 Å². The van der Waals surface area contributed by atoms with Crippen molar-refractivity contribution in [1.82, 2.24) is 9.97 Å². The summed E-state index contributed by atoms with van der Waals surface area (Å²) >= 11 is 6.01. The highest BCUT2D eigenvalue weighted by molar-refractivity contribution is 6.34. The lowest BCUT2D eigenvalue weighted by Crippen LogP contribution is -2.06. The molecule has 0 radical (unpaired) electrons. The first-order chi connectivity index (χ1) is 6.81. The third kappa shape index (κ3) is 1.69. The molecule has 14 heavy (non-hydrogen) atoms. The Morgan fingerprint density at radius 2 is 2.21 bits per heavy atom. The summed E-state index contributed by atoms with van der Waals surface area (Å²) in [7, 11) is 0. The van der Waals surface area contributed by atoms with E-state index in [1.54, 1.807) is 6.20 Å². The normalized spacial score (nSPS) is 10.7. The summed E-state index contributed by atoms with van der Waals surface area (Å²) < 4.78 is 0. The first-order valence-electron chi connectivity index (χ1n) is 4.41. The van der Waals surface area contributed by atoms with Crippen molar-refractivity contribution in [3.05, 3.63) is 35.2 Å². The van der Waals surface area contributed by atoms with E-state index < -0.39 is 0 Å². The third-order valence-corrected chi connectivity index (χ3v) is 2.28. The minimum atomic E-state index is 0.552. The lowest BCUT2D eigenvalue weighted by molar-refractivity contribution is 0.879. The molecule has 2 N–H and O–H groups in total. The van der Waals surface area contributed by atoms with Crippen LogP contribution >= 0.6 is 11.6 Å². The standard InChI is InChI=1S/C10H10ClN3/c11-8-3-1-2-7-6-13-9(4-5-12)14-10(7)8/h1-3,6H,4-5,12H2. The zero-order valence-corrected chi connectivity index (χ0v) is 8.33. The van der Waals surface area contributed by atoms with Crippen LogP contribution in [-0.4, -0.2) is 16.5 Å². The van der Waals surface area contributed by atoms with Gasteiger partial charge in [-0.1, -0.05) is 23.7 Å². The molecule has 0 unspecified atom stereocenters. The van der Waals surface area contributed by atoms with E-state index in [9.17, 15) is 0 Å². The molecule has 1 heterocycles. The summed E-state index contributed by atoms with van der Waals surface area (Å²) in [6, 6.07) is 5.65. The molecular weight excluding hydrogens is 198 g/mol. The largest absolute Gasteiger partial charge is 0.330 e. The smallest absolute Gasteiger partial charge is 0.130 e. The third-order valence-electron chi connectivity index (χ3n) is 1.98. The molecule has 0 saturated carbocycles. The van der Waals surface area contributed by atoms with Crippen LogP contribution in [0.15, 0.2) is 24.4 Å². The van der Waals surface area contributed by atoms with E-state index in [1.165, 1.54) is 0 Å². The number of rotatable bonds is 2. The highest BCUT2D eigenvalue weighted by Crippen LogP contribution is 2.20. The van der Waals surface area contributed by atoms with Gasteiger partial charge in [0.15, 0.2) is 0 Å². The fourth-order valence-corrected chi connectivity index (χ4v) is 1.53. The molecule has 0 aliphatic heterocycles. The first-order valence-corrected chi connectivity index (χ1v) is 4.79. The fourth-order valence-electron chi connectivity index (χ4n) is 1.31. The second-order valence-corrected chi connectivity index (χ2v) is 3.41. The molecule has 4 heteroatoms. The monoisotopic (exact) mass is 207 g/mol. The van der Waals surface area contributed by atoms with Crippen LogP contribution < -0.4 is 5.73 Å². The van der Waals surface area contributed by atoms with Gasteiger partial charge in [0.25, 0.3) is 0 Å². The topological polar surface area (TPSA) is 51.8 Å². The van der Waals surface area contributed by atoms with Gasteiger partial charge in [-0.15, -0.1) is 0 Å². The Bertz CT molecular complexity index is 456. The molecule has 2 aromatic rings. The Morgan fingerprint density at radius 3 is 3.00 bits per heavy atom. The molecule has 0 spiro atoms. The maximum atomic E-state index is 6.01. The van der Waals surface area contributed by atoms with Crippen LogP contribution in [0.3, 0.4) is 0 Å². The van der Waals surface area contributed by atoms with Gasteiger partial charge in [-0.3, -0.25) is 0 Å². The van der Waals surface area contributed by atoms with Crippen molar-refractivity contribution in [3.63, 3.8) is 0 Å². The van der Waals surface area contributed by atoms with Crippen LogP contribution in [-0.2, 0) is 6.42 Å². The molecule has 0 atom stereocenters. The average Bonchev–Trinajstić information content (AvgIpc) is 2.20. The van der Waals surface area contributed by atoms with Crippen molar-refractivity contribution in [1.29, 1.82) is 0 Å². The SMILES string of the molecule is NCCc1ncc2cccc(Cl)c2n1. The Labute approximate surface area is 86.9 Å². The number of benzene rings is 1. The van der Waals surface area contributed by atoms with Crippen LogP contribution in [0.4, 0.5) is 0 Å². The van der Waals surface area contributed by atoms with Crippen LogP contribution in [0.5, 0.6) is 0 Å². The Morgan fingerprint density at radius 1 is 1.36 bits per heavy atom. The fraction of sp³-hybridized carbons (Fsp3) is 0.200. The number of aromatic nitrogens is 2. The molecule has 3 nitrogen and oxygen atoms in total. The average molecular weight is 208 g/mol. The quantitative estimate of drug-likeness (QED) is 0.817. The molecule has 0 aliphatic carbocycles. The summed E-state index contributed by atoms with van der Waals surface area (Å²) in [6.07, 6.45) is 2.46. The number of fused-ring (bicyclic) bond motifs is 1. The van der Waals surface area contributed by atoms with Gasteiger partial charge in [-0.2, -0.15) is 0 Å². The van der Waals surface area contributed by atoms with Crippen molar-refractivity contribution in [2.75, 3.05) is 6.54 Å². The maximum absolute atomic E-state index is 6.01. The molecule has 0 amide bonds. The molecule has 0 saturated heterocycles. The number of nitrogens with two attached hydrogens (primary N) is 1. The van der Waals surface area contributed by atoms with E-state index >= 15 is 0 Å². The van der Waals surface area contributed by atoms with Crippen LogP contribution in [0.2, 0.25) is 5.02 Å². The lowest BCUT2D eigenvalue weighted by atomic mass is 10.2. The number of halogens is 1. The van der Waals surface area contributed by atoms with Crippen molar-refractivity contribution in [2.45, 2.75) is 6.42 Å². The van der Waals surface area contributed by atoms with Crippen LogP contribution in [0, 0.1) is 0 Å². The minimum absolute atomic E-state index is 0.552. The molecular formula is C10H10ClN3. The summed E-state index contributed by atoms with van der Waals surface area (Å²) in [5.41, 5.74) is 6.23. The molecule has 1 aromatic carbocycles. The van der Waals surface area contributed by atoms with Crippen molar-refractivity contribution in [3.8, 4) is 0 Å². The lowest BCUT2D eigenvalue weighted by Gasteiger charge is -2.01. The molecule has 0 bridgehead atoms. The van der Waals surface area contributed by atoms with Crippen molar-refractivity contribution >= 4 is 22.5 Å². The Balaban J connectivity index is 2.58. The summed E-state index contributed by atoms with van der Waals surface area (Å²) in [5, 5.41) is 1.61. The summed E-state index contributed by atoms with van der Waals surface area (Å²) in [5.74, 6) is 0.744. The van der Waals surface area contributed by atoms with E-state index in [4.69, 9.17) is 17.3 Å². The van der Waals surface area contributed by atoms with Gasteiger partial charge >= 0.3 is 0 Å². The zero-order chi connectivity index (χ0) is 9.97. The first kappa shape index (κ1) is 9.37. The summed E-state index contributed by atoms with van der Waals surface area (Å²) in [4.78, 5) is 8.53. The van der Waals surface area contributed by atoms with E-state index in [0.717, 1.165) is 16.7 Å². The number of nitrogens with zero attached hydrogens (tertiary/aromatic N) is 2. The molecule has 2 rings (SSSR count). The predicted molar refractivity (Wildman–Crippen MR) is 57.3 cm³/mol. The second kappa shape index (κ2) is 3.90. The molecule has 0 fully saturated rings. The van der Waals surface area contributed by atoms with Gasteiger partial charge in [0, 0.05) is 18.0 Å². The number of hydrogen-bond acceptors (Lipinski definition) is 3. The van der Waals surface area contributed by atoms with Crippen LogP contribution in [0.1, 0.15) is 5.82 Å². The molecule has 1 aromatic heterocycles. The van der Waals surface area contributed by atoms with Crippen molar-refractivity contribution in [2.24, 2.45) is 5.73 Å². The molecule has 0 aliphatic rings. The number of para-hydroxylation sites is 1. The van der Waals surface area contributed by atoms with Gasteiger partial charge in [0.1, 0.15) is 5.82 Å².